The van der Waals surface area contributed by atoms with Crippen LogP contribution in [0.1, 0.15) is 31.1 Å². The third-order valence-electron chi connectivity index (χ3n) is 4.46. The minimum Gasteiger partial charge on any atom is -0.390 e. The topological polar surface area (TPSA) is 88.8 Å². The van der Waals surface area contributed by atoms with Crippen LogP contribution in [0.2, 0.25) is 0 Å². The lowest BCUT2D eigenvalue weighted by molar-refractivity contribution is -0.891. The third-order valence-corrected chi connectivity index (χ3v) is 4.46. The zero-order valence-electron chi connectivity index (χ0n) is 12.2. The van der Waals surface area contributed by atoms with E-state index >= 15 is 0 Å². The molecule has 7 nitrogen and oxygen atoms in total. The SMILES string of the molecule is Cc1cn([C@@H]2C[C@@H](O)[C@H](C[NH+]3CCCC3)O2)c(=O)[nH]c1=O. The molecule has 1 aromatic heterocycles. The van der Waals surface area contributed by atoms with Crippen LogP contribution in [0.25, 0.3) is 0 Å². The minimum atomic E-state index is -0.567. The second-order valence-electron chi connectivity index (χ2n) is 6.07. The van der Waals surface area contributed by atoms with Crippen molar-refractivity contribution in [3.63, 3.8) is 0 Å². The van der Waals surface area contributed by atoms with Crippen molar-refractivity contribution in [2.45, 2.75) is 44.6 Å². The van der Waals surface area contributed by atoms with Crippen LogP contribution in [0, 0.1) is 6.92 Å². The number of nitrogens with zero attached hydrogens (tertiary/aromatic N) is 1. The Bertz CT molecular complexity index is 617. The van der Waals surface area contributed by atoms with Crippen LogP contribution in [0.5, 0.6) is 0 Å². The molecule has 0 amide bonds. The highest BCUT2D eigenvalue weighted by Gasteiger charge is 2.38. The molecule has 0 unspecified atom stereocenters. The summed E-state index contributed by atoms with van der Waals surface area (Å²) in [5, 5.41) is 10.2. The molecule has 0 radical (unpaired) electrons. The number of aromatic amines is 1. The van der Waals surface area contributed by atoms with Gasteiger partial charge in [-0.05, 0) is 6.92 Å². The number of aliphatic hydroxyl groups excluding tert-OH is 1. The lowest BCUT2D eigenvalue weighted by Crippen LogP contribution is -3.11. The highest BCUT2D eigenvalue weighted by molar-refractivity contribution is 5.02. The Morgan fingerprint density at radius 1 is 1.43 bits per heavy atom. The zero-order valence-corrected chi connectivity index (χ0v) is 12.2. The van der Waals surface area contributed by atoms with Crippen LogP contribution in [0.3, 0.4) is 0 Å². The normalized spacial score (nSPS) is 30.1. The van der Waals surface area contributed by atoms with E-state index in [9.17, 15) is 14.7 Å². The lowest BCUT2D eigenvalue weighted by Gasteiger charge is -2.20. The van der Waals surface area contributed by atoms with E-state index in [1.165, 1.54) is 28.5 Å². The number of ether oxygens (including phenoxy) is 1. The first-order valence-corrected chi connectivity index (χ1v) is 7.54. The Kier molecular flexibility index (Phi) is 3.97. The van der Waals surface area contributed by atoms with E-state index in [-0.39, 0.29) is 11.7 Å². The second kappa shape index (κ2) is 5.75. The van der Waals surface area contributed by atoms with Gasteiger partial charge in [0.25, 0.3) is 5.56 Å². The van der Waals surface area contributed by atoms with Crippen molar-refractivity contribution in [3.05, 3.63) is 32.6 Å². The van der Waals surface area contributed by atoms with Crippen molar-refractivity contribution >= 4 is 0 Å². The molecule has 2 saturated heterocycles. The molecular weight excluding hydrogens is 274 g/mol. The van der Waals surface area contributed by atoms with Crippen LogP contribution in [-0.4, -0.2) is 46.5 Å². The van der Waals surface area contributed by atoms with Gasteiger partial charge in [-0.2, -0.15) is 0 Å². The van der Waals surface area contributed by atoms with Gasteiger partial charge in [-0.15, -0.1) is 0 Å². The summed E-state index contributed by atoms with van der Waals surface area (Å²) in [6, 6.07) is 0. The van der Waals surface area contributed by atoms with Gasteiger partial charge in [0, 0.05) is 31.0 Å². The first-order chi connectivity index (χ1) is 10.0. The van der Waals surface area contributed by atoms with Crippen molar-refractivity contribution in [1.82, 2.24) is 9.55 Å². The maximum atomic E-state index is 11.9. The Morgan fingerprint density at radius 2 is 2.14 bits per heavy atom. The summed E-state index contributed by atoms with van der Waals surface area (Å²) in [5.74, 6) is 0. The average molecular weight is 296 g/mol. The van der Waals surface area contributed by atoms with Gasteiger partial charge in [-0.1, -0.05) is 0 Å². The Morgan fingerprint density at radius 3 is 2.86 bits per heavy atom. The summed E-state index contributed by atoms with van der Waals surface area (Å²) >= 11 is 0. The van der Waals surface area contributed by atoms with Crippen LogP contribution >= 0.6 is 0 Å². The standard InChI is InChI=1S/C14H21N3O4/c1-9-7-17(14(20)15-13(9)19)12-6-10(18)11(21-12)8-16-4-2-3-5-16/h7,10-12,18H,2-6,8H2,1H3,(H,15,19,20)/p+1/t10-,11+,12+/m1/s1. The van der Waals surface area contributed by atoms with E-state index in [4.69, 9.17) is 4.74 Å². The maximum absolute atomic E-state index is 11.9. The molecule has 2 aliphatic rings. The van der Waals surface area contributed by atoms with Crippen LogP contribution in [0.4, 0.5) is 0 Å². The molecule has 3 N–H and O–H groups in total. The predicted octanol–water partition coefficient (Wildman–Crippen LogP) is -1.83. The molecule has 0 aromatic carbocycles. The number of hydrogen-bond donors (Lipinski definition) is 3. The minimum absolute atomic E-state index is 0.248. The number of H-pyrrole nitrogens is 1. The molecule has 7 heteroatoms. The quantitative estimate of drug-likeness (QED) is 0.612. The summed E-state index contributed by atoms with van der Waals surface area (Å²) < 4.78 is 7.24. The zero-order chi connectivity index (χ0) is 15.0. The fourth-order valence-corrected chi connectivity index (χ4v) is 3.23. The summed E-state index contributed by atoms with van der Waals surface area (Å²) in [6.45, 7) is 4.66. The molecular formula is C14H22N3O4+. The molecule has 3 atom stereocenters. The molecule has 3 rings (SSSR count). The third kappa shape index (κ3) is 2.95. The van der Waals surface area contributed by atoms with E-state index in [1.807, 2.05) is 0 Å². The first kappa shape index (κ1) is 14.5. The van der Waals surface area contributed by atoms with Gasteiger partial charge in [0.15, 0.2) is 0 Å². The molecule has 21 heavy (non-hydrogen) atoms. The molecule has 0 spiro atoms. The first-order valence-electron chi connectivity index (χ1n) is 7.54. The summed E-state index contributed by atoms with van der Waals surface area (Å²) in [4.78, 5) is 27.0. The molecule has 116 valence electrons. The summed E-state index contributed by atoms with van der Waals surface area (Å²) in [6.07, 6.45) is 3.01. The summed E-state index contributed by atoms with van der Waals surface area (Å²) in [5.41, 5.74) is -0.411. The number of aryl methyl sites for hydroxylation is 1. The number of quaternary nitrogens is 1. The molecule has 2 aliphatic heterocycles. The van der Waals surface area contributed by atoms with E-state index in [2.05, 4.69) is 4.98 Å². The van der Waals surface area contributed by atoms with Crippen molar-refractivity contribution in [3.8, 4) is 0 Å². The monoisotopic (exact) mass is 296 g/mol. The number of aliphatic hydroxyl groups is 1. The smallest absolute Gasteiger partial charge is 0.330 e. The number of rotatable bonds is 3. The number of likely N-dealkylation sites (tertiary alicyclic amines) is 1. The molecule has 1 aromatic rings. The average Bonchev–Trinajstić information content (AvgIpc) is 3.05. The van der Waals surface area contributed by atoms with Crippen LogP contribution in [0.15, 0.2) is 15.8 Å². The summed E-state index contributed by atoms with van der Waals surface area (Å²) in [7, 11) is 0. The van der Waals surface area contributed by atoms with Gasteiger partial charge in [-0.3, -0.25) is 14.3 Å². The predicted molar refractivity (Wildman–Crippen MR) is 75.4 cm³/mol. The van der Waals surface area contributed by atoms with Gasteiger partial charge < -0.3 is 14.7 Å². The van der Waals surface area contributed by atoms with Gasteiger partial charge in [0.2, 0.25) is 0 Å². The van der Waals surface area contributed by atoms with Gasteiger partial charge in [0.1, 0.15) is 18.9 Å². The van der Waals surface area contributed by atoms with E-state index in [0.29, 0.717) is 12.0 Å². The number of hydrogen-bond acceptors (Lipinski definition) is 4. The molecule has 0 aliphatic carbocycles. The number of aromatic nitrogens is 2. The lowest BCUT2D eigenvalue weighted by atomic mass is 10.1. The van der Waals surface area contributed by atoms with Gasteiger partial charge >= 0.3 is 5.69 Å². The van der Waals surface area contributed by atoms with E-state index < -0.39 is 18.0 Å². The van der Waals surface area contributed by atoms with E-state index in [0.717, 1.165) is 19.6 Å². The van der Waals surface area contributed by atoms with Gasteiger partial charge in [-0.25, -0.2) is 4.79 Å². The Balaban J connectivity index is 1.74. The molecule has 0 saturated carbocycles. The van der Waals surface area contributed by atoms with Crippen molar-refractivity contribution < 1.29 is 14.7 Å². The molecule has 2 fully saturated rings. The fraction of sp³-hybridized carbons (Fsp3) is 0.714. The molecule has 0 bridgehead atoms. The molecule has 3 heterocycles. The number of nitrogens with one attached hydrogen (secondary N) is 2. The van der Waals surface area contributed by atoms with Crippen molar-refractivity contribution in [2.75, 3.05) is 19.6 Å². The Hall–Kier alpha value is -1.44. The van der Waals surface area contributed by atoms with Crippen molar-refractivity contribution in [2.24, 2.45) is 0 Å². The Labute approximate surface area is 122 Å². The maximum Gasteiger partial charge on any atom is 0.330 e. The highest BCUT2D eigenvalue weighted by Crippen LogP contribution is 2.26. The second-order valence-corrected chi connectivity index (χ2v) is 6.07. The van der Waals surface area contributed by atoms with Crippen LogP contribution in [-0.2, 0) is 4.74 Å². The van der Waals surface area contributed by atoms with E-state index in [1.54, 1.807) is 6.92 Å². The largest absolute Gasteiger partial charge is 0.390 e. The van der Waals surface area contributed by atoms with Gasteiger partial charge in [0.05, 0.1) is 19.2 Å². The van der Waals surface area contributed by atoms with Crippen molar-refractivity contribution in [1.29, 1.82) is 0 Å². The van der Waals surface area contributed by atoms with Crippen LogP contribution < -0.4 is 16.1 Å². The fourth-order valence-electron chi connectivity index (χ4n) is 3.23. The highest BCUT2D eigenvalue weighted by atomic mass is 16.5.